The van der Waals surface area contributed by atoms with E-state index < -0.39 is 0 Å². The first-order valence-corrected chi connectivity index (χ1v) is 7.89. The van der Waals surface area contributed by atoms with E-state index in [0.717, 1.165) is 17.8 Å². The van der Waals surface area contributed by atoms with Crippen LogP contribution in [-0.2, 0) is 6.54 Å². The Bertz CT molecular complexity index is 343. The summed E-state index contributed by atoms with van der Waals surface area (Å²) in [5.74, 6) is 0. The summed E-state index contributed by atoms with van der Waals surface area (Å²) in [6.45, 7) is 3.23. The Morgan fingerprint density at radius 1 is 1.18 bits per heavy atom. The van der Waals surface area contributed by atoms with Crippen molar-refractivity contribution in [1.82, 2.24) is 5.32 Å². The molecule has 0 spiro atoms. The summed E-state index contributed by atoms with van der Waals surface area (Å²) in [5, 5.41) is 4.62. The predicted molar refractivity (Wildman–Crippen MR) is 77.6 cm³/mol. The van der Waals surface area contributed by atoms with Gasteiger partial charge in [0, 0.05) is 17.8 Å². The first-order valence-electron chi connectivity index (χ1n) is 6.60. The molecule has 0 aliphatic heterocycles. The number of hydrogen-bond donors (Lipinski definition) is 1. The van der Waals surface area contributed by atoms with Crippen LogP contribution in [0.15, 0.2) is 24.3 Å². The SMILES string of the molecule is CSC1CCC(NCc2ccccc2C)CC1. The van der Waals surface area contributed by atoms with Crippen LogP contribution >= 0.6 is 11.8 Å². The molecule has 0 bridgehead atoms. The maximum Gasteiger partial charge on any atom is 0.0210 e. The molecule has 0 heterocycles. The van der Waals surface area contributed by atoms with Crippen molar-refractivity contribution in [3.8, 4) is 0 Å². The van der Waals surface area contributed by atoms with E-state index in [1.807, 2.05) is 11.8 Å². The molecule has 17 heavy (non-hydrogen) atoms. The topological polar surface area (TPSA) is 12.0 Å². The lowest BCUT2D eigenvalue weighted by Crippen LogP contribution is -2.33. The molecular weight excluding hydrogens is 226 g/mol. The largest absolute Gasteiger partial charge is 0.310 e. The molecule has 0 unspecified atom stereocenters. The fourth-order valence-electron chi connectivity index (χ4n) is 2.57. The van der Waals surface area contributed by atoms with Crippen molar-refractivity contribution < 1.29 is 0 Å². The van der Waals surface area contributed by atoms with Crippen LogP contribution < -0.4 is 5.32 Å². The second kappa shape index (κ2) is 6.46. The Morgan fingerprint density at radius 3 is 2.53 bits per heavy atom. The lowest BCUT2D eigenvalue weighted by atomic mass is 9.94. The molecule has 2 rings (SSSR count). The summed E-state index contributed by atoms with van der Waals surface area (Å²) in [4.78, 5) is 0. The average Bonchev–Trinajstić information content (AvgIpc) is 2.38. The molecule has 1 saturated carbocycles. The van der Waals surface area contributed by atoms with Gasteiger partial charge in [0.05, 0.1) is 0 Å². The van der Waals surface area contributed by atoms with Crippen LogP contribution in [0.2, 0.25) is 0 Å². The second-order valence-electron chi connectivity index (χ2n) is 5.02. The molecule has 1 fully saturated rings. The Hall–Kier alpha value is -0.470. The minimum absolute atomic E-state index is 0.734. The first-order chi connectivity index (χ1) is 8.29. The van der Waals surface area contributed by atoms with Crippen molar-refractivity contribution in [1.29, 1.82) is 0 Å². The maximum atomic E-state index is 3.71. The molecule has 1 aromatic carbocycles. The third-order valence-electron chi connectivity index (χ3n) is 3.85. The number of rotatable bonds is 4. The van der Waals surface area contributed by atoms with Gasteiger partial charge in [-0.3, -0.25) is 0 Å². The summed E-state index contributed by atoms with van der Waals surface area (Å²) >= 11 is 2.04. The van der Waals surface area contributed by atoms with E-state index in [0.29, 0.717) is 0 Å². The molecule has 0 saturated heterocycles. The zero-order chi connectivity index (χ0) is 12.1. The Morgan fingerprint density at radius 2 is 1.88 bits per heavy atom. The summed E-state index contributed by atoms with van der Waals surface area (Å²) in [6, 6.07) is 9.41. The lowest BCUT2D eigenvalue weighted by Gasteiger charge is -2.28. The number of hydrogen-bond acceptors (Lipinski definition) is 2. The highest BCUT2D eigenvalue weighted by atomic mass is 32.2. The van der Waals surface area contributed by atoms with Crippen LogP contribution in [0.3, 0.4) is 0 Å². The monoisotopic (exact) mass is 249 g/mol. The van der Waals surface area contributed by atoms with Crippen molar-refractivity contribution in [3.05, 3.63) is 35.4 Å². The zero-order valence-corrected chi connectivity index (χ0v) is 11.7. The van der Waals surface area contributed by atoms with Crippen LogP contribution in [0, 0.1) is 6.92 Å². The molecule has 2 heteroatoms. The number of benzene rings is 1. The van der Waals surface area contributed by atoms with Gasteiger partial charge in [-0.25, -0.2) is 0 Å². The average molecular weight is 249 g/mol. The van der Waals surface area contributed by atoms with Crippen molar-refractivity contribution in [2.75, 3.05) is 6.26 Å². The van der Waals surface area contributed by atoms with Crippen molar-refractivity contribution >= 4 is 11.8 Å². The van der Waals surface area contributed by atoms with E-state index in [9.17, 15) is 0 Å². The third kappa shape index (κ3) is 3.75. The van der Waals surface area contributed by atoms with Gasteiger partial charge in [-0.2, -0.15) is 11.8 Å². The molecule has 1 aliphatic carbocycles. The normalized spacial score (nSPS) is 24.8. The highest BCUT2D eigenvalue weighted by Gasteiger charge is 2.19. The first kappa shape index (κ1) is 13.0. The van der Waals surface area contributed by atoms with Crippen LogP contribution in [-0.4, -0.2) is 17.5 Å². The smallest absolute Gasteiger partial charge is 0.0210 e. The predicted octanol–water partition coefficient (Wildman–Crippen LogP) is 3.76. The third-order valence-corrected chi connectivity index (χ3v) is 4.99. The fourth-order valence-corrected chi connectivity index (χ4v) is 3.31. The van der Waals surface area contributed by atoms with Crippen LogP contribution in [0.25, 0.3) is 0 Å². The molecule has 1 N–H and O–H groups in total. The van der Waals surface area contributed by atoms with Gasteiger partial charge in [-0.15, -0.1) is 0 Å². The minimum Gasteiger partial charge on any atom is -0.310 e. The highest BCUT2D eigenvalue weighted by Crippen LogP contribution is 2.27. The molecule has 0 aromatic heterocycles. The summed E-state index contributed by atoms with van der Waals surface area (Å²) in [7, 11) is 0. The maximum absolute atomic E-state index is 3.71. The van der Waals surface area contributed by atoms with E-state index >= 15 is 0 Å². The van der Waals surface area contributed by atoms with Gasteiger partial charge >= 0.3 is 0 Å². The molecule has 0 amide bonds. The Balaban J connectivity index is 1.78. The van der Waals surface area contributed by atoms with Gasteiger partial charge in [0.1, 0.15) is 0 Å². The Kier molecular flexibility index (Phi) is 4.93. The molecule has 0 atom stereocenters. The molecule has 1 aromatic rings. The van der Waals surface area contributed by atoms with Crippen molar-refractivity contribution in [2.24, 2.45) is 0 Å². The van der Waals surface area contributed by atoms with Gasteiger partial charge in [-0.05, 0) is 50.0 Å². The van der Waals surface area contributed by atoms with Crippen LogP contribution in [0.4, 0.5) is 0 Å². The highest BCUT2D eigenvalue weighted by molar-refractivity contribution is 7.99. The lowest BCUT2D eigenvalue weighted by molar-refractivity contribution is 0.378. The molecule has 1 nitrogen and oxygen atoms in total. The van der Waals surface area contributed by atoms with E-state index in [1.54, 1.807) is 0 Å². The molecule has 1 aliphatic rings. The van der Waals surface area contributed by atoms with E-state index in [-0.39, 0.29) is 0 Å². The van der Waals surface area contributed by atoms with Crippen molar-refractivity contribution in [2.45, 2.75) is 50.4 Å². The van der Waals surface area contributed by atoms with Gasteiger partial charge in [0.25, 0.3) is 0 Å². The van der Waals surface area contributed by atoms with Crippen molar-refractivity contribution in [3.63, 3.8) is 0 Å². The quantitative estimate of drug-likeness (QED) is 0.872. The minimum atomic E-state index is 0.734. The van der Waals surface area contributed by atoms with E-state index in [1.165, 1.54) is 36.8 Å². The fraction of sp³-hybridized carbons (Fsp3) is 0.600. The van der Waals surface area contributed by atoms with Gasteiger partial charge in [0.2, 0.25) is 0 Å². The molecule has 0 radical (unpaired) electrons. The summed E-state index contributed by atoms with van der Waals surface area (Å²) in [5.41, 5.74) is 2.84. The number of aryl methyl sites for hydroxylation is 1. The molecular formula is C15H23NS. The second-order valence-corrected chi connectivity index (χ2v) is 6.15. The van der Waals surface area contributed by atoms with Crippen LogP contribution in [0.5, 0.6) is 0 Å². The van der Waals surface area contributed by atoms with E-state index in [2.05, 4.69) is 42.8 Å². The number of thioether (sulfide) groups is 1. The summed E-state index contributed by atoms with van der Waals surface area (Å²) < 4.78 is 0. The van der Waals surface area contributed by atoms with Gasteiger partial charge in [0.15, 0.2) is 0 Å². The summed E-state index contributed by atoms with van der Waals surface area (Å²) in [6.07, 6.45) is 7.69. The van der Waals surface area contributed by atoms with Gasteiger partial charge < -0.3 is 5.32 Å². The number of nitrogens with one attached hydrogen (secondary N) is 1. The zero-order valence-electron chi connectivity index (χ0n) is 10.9. The van der Waals surface area contributed by atoms with E-state index in [4.69, 9.17) is 0 Å². The Labute approximate surface area is 109 Å². The van der Waals surface area contributed by atoms with Crippen LogP contribution in [0.1, 0.15) is 36.8 Å². The van der Waals surface area contributed by atoms with Gasteiger partial charge in [-0.1, -0.05) is 24.3 Å². The molecule has 94 valence electrons. The standard InChI is InChI=1S/C15H23NS/c1-12-5-3-4-6-13(12)11-16-14-7-9-15(17-2)10-8-14/h3-6,14-16H,7-11H2,1-2H3.